The number of aliphatic hydroxyl groups is 1. The molecule has 0 saturated heterocycles. The lowest BCUT2D eigenvalue weighted by atomic mass is 10.1. The second-order valence-corrected chi connectivity index (χ2v) is 5.33. The van der Waals surface area contributed by atoms with Gasteiger partial charge in [0.1, 0.15) is 5.58 Å². The molecule has 1 unspecified atom stereocenters. The lowest BCUT2D eigenvalue weighted by Crippen LogP contribution is -2.41. The van der Waals surface area contributed by atoms with Gasteiger partial charge in [-0.15, -0.1) is 0 Å². The lowest BCUT2D eigenvalue weighted by molar-refractivity contribution is -0.205. The molecule has 2 rings (SSSR count). The third kappa shape index (κ3) is 3.24. The fraction of sp³-hybridized carbons (Fsp3) is 0.400. The van der Waals surface area contributed by atoms with Crippen LogP contribution in [0.2, 0.25) is 0 Å². The van der Waals surface area contributed by atoms with Gasteiger partial charge in [-0.3, -0.25) is 4.79 Å². The van der Waals surface area contributed by atoms with Crippen molar-refractivity contribution in [3.63, 3.8) is 0 Å². The van der Waals surface area contributed by atoms with E-state index in [0.29, 0.717) is 11.0 Å². The number of aliphatic hydroxyl groups excluding tert-OH is 1. The van der Waals surface area contributed by atoms with Crippen LogP contribution in [-0.4, -0.2) is 41.8 Å². The predicted molar refractivity (Wildman–Crippen MR) is 74.7 cm³/mol. The third-order valence-corrected chi connectivity index (χ3v) is 3.51. The van der Waals surface area contributed by atoms with Crippen molar-refractivity contribution in [2.75, 3.05) is 13.6 Å². The Balaban J connectivity index is 2.22. The van der Waals surface area contributed by atoms with Gasteiger partial charge in [0.2, 0.25) is 0 Å². The molecule has 1 heterocycles. The summed E-state index contributed by atoms with van der Waals surface area (Å²) in [6.07, 6.45) is -7.35. The average molecular weight is 315 g/mol. The van der Waals surface area contributed by atoms with Gasteiger partial charge in [-0.25, -0.2) is 0 Å². The van der Waals surface area contributed by atoms with Gasteiger partial charge >= 0.3 is 6.18 Å². The number of carbonyl (C=O) groups excluding carboxylic acids is 1. The summed E-state index contributed by atoms with van der Waals surface area (Å²) in [6.45, 7) is 2.96. The molecule has 0 fully saturated rings. The summed E-state index contributed by atoms with van der Waals surface area (Å²) in [5.74, 6) is -0.772. The molecule has 0 bridgehead atoms. The van der Waals surface area contributed by atoms with Crippen molar-refractivity contribution in [3.05, 3.63) is 35.1 Å². The zero-order valence-electron chi connectivity index (χ0n) is 12.4. The summed E-state index contributed by atoms with van der Waals surface area (Å²) in [7, 11) is 1.18. The number of furan rings is 1. The zero-order valence-corrected chi connectivity index (χ0v) is 12.4. The molecule has 7 heteroatoms. The van der Waals surface area contributed by atoms with Crippen molar-refractivity contribution in [1.29, 1.82) is 0 Å². The first kappa shape index (κ1) is 16.4. The van der Waals surface area contributed by atoms with Crippen molar-refractivity contribution in [3.8, 4) is 0 Å². The minimum atomic E-state index is -4.77. The van der Waals surface area contributed by atoms with E-state index in [1.807, 2.05) is 19.9 Å². The Morgan fingerprint density at radius 1 is 1.27 bits per heavy atom. The van der Waals surface area contributed by atoms with Gasteiger partial charge in [0.25, 0.3) is 5.91 Å². The minimum Gasteiger partial charge on any atom is -0.451 e. The Morgan fingerprint density at radius 3 is 2.45 bits per heavy atom. The van der Waals surface area contributed by atoms with Gasteiger partial charge in [-0.05, 0) is 43.2 Å². The molecule has 1 aromatic carbocycles. The first-order chi connectivity index (χ1) is 10.1. The first-order valence-corrected chi connectivity index (χ1v) is 6.60. The van der Waals surface area contributed by atoms with Gasteiger partial charge in [-0.2, -0.15) is 13.2 Å². The Morgan fingerprint density at radius 2 is 1.86 bits per heavy atom. The van der Waals surface area contributed by atoms with Gasteiger partial charge in [-0.1, -0.05) is 0 Å². The van der Waals surface area contributed by atoms with Crippen LogP contribution < -0.4 is 0 Å². The standard InChI is InChI=1S/C15H16F3NO3/c1-8-4-10-6-12(22-11(10)5-9(8)2)14(21)19(3)7-13(20)15(16,17)18/h4-6,13,20H,7H2,1-3H3. The van der Waals surface area contributed by atoms with Crippen molar-refractivity contribution >= 4 is 16.9 Å². The second kappa shape index (κ2) is 5.64. The Bertz CT molecular complexity index is 667. The van der Waals surface area contributed by atoms with E-state index in [1.165, 1.54) is 13.1 Å². The van der Waals surface area contributed by atoms with Crippen LogP contribution in [0.15, 0.2) is 22.6 Å². The van der Waals surface area contributed by atoms with Crippen LogP contribution in [-0.2, 0) is 0 Å². The summed E-state index contributed by atoms with van der Waals surface area (Å²) in [4.78, 5) is 12.9. The molecular formula is C15H16F3NO3. The Labute approximate surface area is 125 Å². The number of carbonyl (C=O) groups is 1. The summed E-state index contributed by atoms with van der Waals surface area (Å²) in [5.41, 5.74) is 2.51. The molecule has 0 aliphatic carbocycles. The molecule has 120 valence electrons. The normalized spacial score (nSPS) is 13.4. The number of hydrogen-bond donors (Lipinski definition) is 1. The summed E-state index contributed by atoms with van der Waals surface area (Å²) < 4.78 is 42.4. The number of rotatable bonds is 3. The highest BCUT2D eigenvalue weighted by Gasteiger charge is 2.39. The molecule has 2 aromatic rings. The fourth-order valence-corrected chi connectivity index (χ4v) is 2.04. The number of halogens is 3. The van der Waals surface area contributed by atoms with E-state index in [4.69, 9.17) is 9.52 Å². The zero-order chi connectivity index (χ0) is 16.7. The highest BCUT2D eigenvalue weighted by molar-refractivity contribution is 5.96. The van der Waals surface area contributed by atoms with Crippen molar-refractivity contribution in [2.24, 2.45) is 0 Å². The number of alkyl halides is 3. The monoisotopic (exact) mass is 315 g/mol. The average Bonchev–Trinajstić information content (AvgIpc) is 2.79. The molecule has 1 atom stereocenters. The van der Waals surface area contributed by atoms with E-state index >= 15 is 0 Å². The fourth-order valence-electron chi connectivity index (χ4n) is 2.04. The SMILES string of the molecule is Cc1cc2cc(C(=O)N(C)CC(O)C(F)(F)F)oc2cc1C. The maximum absolute atomic E-state index is 12.3. The predicted octanol–water partition coefficient (Wildman–Crippen LogP) is 3.04. The van der Waals surface area contributed by atoms with E-state index in [0.717, 1.165) is 16.0 Å². The topological polar surface area (TPSA) is 53.7 Å². The van der Waals surface area contributed by atoms with Crippen LogP contribution in [0.4, 0.5) is 13.2 Å². The lowest BCUT2D eigenvalue weighted by Gasteiger charge is -2.21. The number of nitrogens with zero attached hydrogens (tertiary/aromatic N) is 1. The number of hydrogen-bond acceptors (Lipinski definition) is 3. The maximum atomic E-state index is 12.3. The smallest absolute Gasteiger partial charge is 0.416 e. The molecule has 0 aliphatic rings. The molecule has 0 saturated carbocycles. The van der Waals surface area contributed by atoms with Crippen molar-refractivity contribution < 1.29 is 27.5 Å². The summed E-state index contributed by atoms with van der Waals surface area (Å²) in [6, 6.07) is 5.10. The van der Waals surface area contributed by atoms with Crippen molar-refractivity contribution in [2.45, 2.75) is 26.1 Å². The summed E-state index contributed by atoms with van der Waals surface area (Å²) >= 11 is 0. The van der Waals surface area contributed by atoms with Crippen molar-refractivity contribution in [1.82, 2.24) is 4.90 Å². The van der Waals surface area contributed by atoms with Gasteiger partial charge < -0.3 is 14.4 Å². The van der Waals surface area contributed by atoms with Crippen LogP contribution in [0.25, 0.3) is 11.0 Å². The van der Waals surface area contributed by atoms with Crippen LogP contribution in [0.3, 0.4) is 0 Å². The quantitative estimate of drug-likeness (QED) is 0.947. The minimum absolute atomic E-state index is 0.0584. The number of aryl methyl sites for hydroxylation is 2. The Kier molecular flexibility index (Phi) is 4.19. The molecule has 1 amide bonds. The number of amides is 1. The largest absolute Gasteiger partial charge is 0.451 e. The van der Waals surface area contributed by atoms with E-state index in [9.17, 15) is 18.0 Å². The van der Waals surface area contributed by atoms with E-state index in [1.54, 1.807) is 6.07 Å². The van der Waals surface area contributed by atoms with Crippen LogP contribution in [0, 0.1) is 13.8 Å². The molecule has 0 spiro atoms. The molecule has 4 nitrogen and oxygen atoms in total. The number of benzene rings is 1. The highest BCUT2D eigenvalue weighted by atomic mass is 19.4. The van der Waals surface area contributed by atoms with Gasteiger partial charge in [0.05, 0.1) is 6.54 Å². The first-order valence-electron chi connectivity index (χ1n) is 6.60. The van der Waals surface area contributed by atoms with Crippen LogP contribution >= 0.6 is 0 Å². The van der Waals surface area contributed by atoms with Gasteiger partial charge in [0.15, 0.2) is 11.9 Å². The molecule has 1 aromatic heterocycles. The van der Waals surface area contributed by atoms with Gasteiger partial charge in [0, 0.05) is 12.4 Å². The molecule has 0 aliphatic heterocycles. The third-order valence-electron chi connectivity index (χ3n) is 3.51. The molecular weight excluding hydrogens is 299 g/mol. The van der Waals surface area contributed by atoms with E-state index < -0.39 is 24.7 Å². The van der Waals surface area contributed by atoms with Crippen LogP contribution in [0.5, 0.6) is 0 Å². The van der Waals surface area contributed by atoms with E-state index in [2.05, 4.69) is 0 Å². The van der Waals surface area contributed by atoms with E-state index in [-0.39, 0.29) is 5.76 Å². The molecule has 1 N–H and O–H groups in total. The number of likely N-dealkylation sites (N-methyl/N-ethyl adjacent to an activating group) is 1. The maximum Gasteiger partial charge on any atom is 0.416 e. The summed E-state index contributed by atoms with van der Waals surface area (Å²) in [5, 5.41) is 9.72. The Hall–Kier alpha value is -2.02. The molecule has 22 heavy (non-hydrogen) atoms. The molecule has 0 radical (unpaired) electrons. The second-order valence-electron chi connectivity index (χ2n) is 5.33. The van der Waals surface area contributed by atoms with Crippen LogP contribution in [0.1, 0.15) is 21.7 Å². The highest BCUT2D eigenvalue weighted by Crippen LogP contribution is 2.25. The number of fused-ring (bicyclic) bond motifs is 1.